The summed E-state index contributed by atoms with van der Waals surface area (Å²) >= 11 is 0. The van der Waals surface area contributed by atoms with Gasteiger partial charge in [-0.1, -0.05) is 6.07 Å². The summed E-state index contributed by atoms with van der Waals surface area (Å²) in [6.45, 7) is 4.40. The summed E-state index contributed by atoms with van der Waals surface area (Å²) in [4.78, 5) is 16.3. The van der Waals surface area contributed by atoms with Crippen molar-refractivity contribution in [3.8, 4) is 17.0 Å². The van der Waals surface area contributed by atoms with Crippen LogP contribution in [0.1, 0.15) is 28.5 Å². The van der Waals surface area contributed by atoms with Gasteiger partial charge in [-0.2, -0.15) is 10.2 Å². The highest BCUT2D eigenvalue weighted by Crippen LogP contribution is 2.25. The van der Waals surface area contributed by atoms with Crippen molar-refractivity contribution in [3.63, 3.8) is 0 Å². The Hall–Kier alpha value is -3.48. The first kappa shape index (κ1) is 17.3. The van der Waals surface area contributed by atoms with Crippen LogP contribution in [0.5, 0.6) is 5.75 Å². The van der Waals surface area contributed by atoms with Gasteiger partial charge in [0, 0.05) is 29.1 Å². The smallest absolute Gasteiger partial charge is 0.289 e. The van der Waals surface area contributed by atoms with Crippen molar-refractivity contribution >= 4 is 12.1 Å². The third-order valence-corrected chi connectivity index (χ3v) is 3.74. The van der Waals surface area contributed by atoms with Crippen LogP contribution in [0, 0.1) is 6.92 Å². The van der Waals surface area contributed by atoms with Crippen LogP contribution in [0.3, 0.4) is 0 Å². The summed E-state index contributed by atoms with van der Waals surface area (Å²) < 4.78 is 5.44. The van der Waals surface area contributed by atoms with Crippen LogP contribution in [0.15, 0.2) is 53.9 Å². The first-order valence-corrected chi connectivity index (χ1v) is 8.20. The van der Waals surface area contributed by atoms with Gasteiger partial charge in [-0.25, -0.2) is 5.43 Å². The van der Waals surface area contributed by atoms with Crippen LogP contribution in [-0.4, -0.2) is 33.9 Å². The minimum absolute atomic E-state index is 0.354. The Morgan fingerprint density at radius 3 is 2.81 bits per heavy atom. The van der Waals surface area contributed by atoms with Crippen molar-refractivity contribution in [1.82, 2.24) is 20.6 Å². The third-order valence-electron chi connectivity index (χ3n) is 3.74. The number of benzene rings is 1. The second-order valence-corrected chi connectivity index (χ2v) is 5.52. The Morgan fingerprint density at radius 1 is 1.31 bits per heavy atom. The Bertz CT molecular complexity index is 901. The van der Waals surface area contributed by atoms with Gasteiger partial charge >= 0.3 is 0 Å². The van der Waals surface area contributed by atoms with E-state index in [0.29, 0.717) is 12.3 Å². The predicted octanol–water partition coefficient (Wildman–Crippen LogP) is 2.94. The molecule has 0 saturated heterocycles. The van der Waals surface area contributed by atoms with E-state index in [9.17, 15) is 4.79 Å². The highest BCUT2D eigenvalue weighted by Gasteiger charge is 2.16. The topological polar surface area (TPSA) is 92.3 Å². The number of pyridine rings is 1. The predicted molar refractivity (Wildman–Crippen MR) is 99.2 cm³/mol. The zero-order valence-electron chi connectivity index (χ0n) is 14.6. The first-order chi connectivity index (χ1) is 12.7. The van der Waals surface area contributed by atoms with E-state index in [1.54, 1.807) is 18.5 Å². The van der Waals surface area contributed by atoms with E-state index < -0.39 is 0 Å². The number of hydrogen-bond donors (Lipinski definition) is 2. The van der Waals surface area contributed by atoms with E-state index in [1.807, 2.05) is 44.2 Å². The zero-order chi connectivity index (χ0) is 18.4. The van der Waals surface area contributed by atoms with Crippen LogP contribution in [-0.2, 0) is 0 Å². The molecule has 132 valence electrons. The number of ether oxygens (including phenoxy) is 1. The lowest BCUT2D eigenvalue weighted by Crippen LogP contribution is -2.19. The molecule has 0 saturated carbocycles. The fourth-order valence-corrected chi connectivity index (χ4v) is 2.45. The lowest BCUT2D eigenvalue weighted by molar-refractivity contribution is 0.0949. The minimum atomic E-state index is -0.354. The van der Waals surface area contributed by atoms with E-state index in [0.717, 1.165) is 28.1 Å². The largest absolute Gasteiger partial charge is 0.494 e. The van der Waals surface area contributed by atoms with Gasteiger partial charge in [0.2, 0.25) is 0 Å². The minimum Gasteiger partial charge on any atom is -0.494 e. The Morgan fingerprint density at radius 2 is 2.12 bits per heavy atom. The Kier molecular flexibility index (Phi) is 5.38. The molecule has 2 aromatic heterocycles. The van der Waals surface area contributed by atoms with Crippen LogP contribution >= 0.6 is 0 Å². The molecule has 1 amide bonds. The molecule has 0 aliphatic carbocycles. The SMILES string of the molecule is CCOc1ccc(-c2n[nH]c(C(=O)NN=Cc3cccnc3)c2C)cc1. The van der Waals surface area contributed by atoms with Gasteiger partial charge in [0.25, 0.3) is 5.91 Å². The normalized spacial score (nSPS) is 10.8. The van der Waals surface area contributed by atoms with Crippen molar-refractivity contribution < 1.29 is 9.53 Å². The molecule has 26 heavy (non-hydrogen) atoms. The van der Waals surface area contributed by atoms with Gasteiger partial charge < -0.3 is 4.74 Å². The number of amides is 1. The highest BCUT2D eigenvalue weighted by molar-refractivity contribution is 5.95. The molecule has 3 rings (SSSR count). The number of rotatable bonds is 6. The maximum atomic E-state index is 12.3. The van der Waals surface area contributed by atoms with Crippen LogP contribution in [0.25, 0.3) is 11.3 Å². The van der Waals surface area contributed by atoms with E-state index >= 15 is 0 Å². The quantitative estimate of drug-likeness (QED) is 0.529. The number of nitrogens with one attached hydrogen (secondary N) is 2. The lowest BCUT2D eigenvalue weighted by atomic mass is 10.1. The third kappa shape index (κ3) is 3.94. The molecule has 0 bridgehead atoms. The van der Waals surface area contributed by atoms with Gasteiger partial charge in [0.1, 0.15) is 11.4 Å². The molecule has 0 atom stereocenters. The monoisotopic (exact) mass is 349 g/mol. The van der Waals surface area contributed by atoms with Gasteiger partial charge in [0.05, 0.1) is 18.5 Å². The van der Waals surface area contributed by atoms with Crippen molar-refractivity contribution in [1.29, 1.82) is 0 Å². The first-order valence-electron chi connectivity index (χ1n) is 8.20. The summed E-state index contributed by atoms with van der Waals surface area (Å²) in [6, 6.07) is 11.2. The van der Waals surface area contributed by atoms with Crippen LogP contribution in [0.4, 0.5) is 0 Å². The molecule has 7 nitrogen and oxygen atoms in total. The Labute approximate surface area is 151 Å². The summed E-state index contributed by atoms with van der Waals surface area (Å²) in [6.07, 6.45) is 4.86. The molecule has 0 aliphatic heterocycles. The van der Waals surface area contributed by atoms with Gasteiger partial charge in [-0.15, -0.1) is 0 Å². The summed E-state index contributed by atoms with van der Waals surface area (Å²) in [5.41, 5.74) is 6.03. The van der Waals surface area contributed by atoms with Gasteiger partial charge in [0.15, 0.2) is 0 Å². The molecular formula is C19H19N5O2. The summed E-state index contributed by atoms with van der Waals surface area (Å²) in [7, 11) is 0. The van der Waals surface area contributed by atoms with Crippen molar-refractivity contribution in [2.24, 2.45) is 5.10 Å². The van der Waals surface area contributed by atoms with Crippen molar-refractivity contribution in [2.75, 3.05) is 6.61 Å². The Balaban J connectivity index is 1.71. The number of carbonyl (C=O) groups excluding carboxylic acids is 1. The average Bonchev–Trinajstić information content (AvgIpc) is 3.05. The van der Waals surface area contributed by atoms with E-state index in [-0.39, 0.29) is 5.91 Å². The highest BCUT2D eigenvalue weighted by atomic mass is 16.5. The number of hydrazone groups is 1. The second-order valence-electron chi connectivity index (χ2n) is 5.52. The van der Waals surface area contributed by atoms with Crippen molar-refractivity contribution in [2.45, 2.75) is 13.8 Å². The van der Waals surface area contributed by atoms with Crippen LogP contribution in [0.2, 0.25) is 0 Å². The van der Waals surface area contributed by atoms with Gasteiger partial charge in [-0.3, -0.25) is 14.9 Å². The fraction of sp³-hybridized carbons (Fsp3) is 0.158. The molecule has 0 unspecified atom stereocenters. The molecule has 1 aromatic carbocycles. The number of carbonyl (C=O) groups is 1. The zero-order valence-corrected chi connectivity index (χ0v) is 14.6. The number of hydrogen-bond acceptors (Lipinski definition) is 5. The molecule has 2 N–H and O–H groups in total. The molecule has 2 heterocycles. The molecule has 3 aromatic rings. The molecular weight excluding hydrogens is 330 g/mol. The van der Waals surface area contributed by atoms with Crippen LogP contribution < -0.4 is 10.2 Å². The molecule has 0 fully saturated rings. The molecule has 0 aliphatic rings. The van der Waals surface area contributed by atoms with E-state index in [1.165, 1.54) is 6.21 Å². The number of nitrogens with zero attached hydrogens (tertiary/aromatic N) is 3. The van der Waals surface area contributed by atoms with Crippen molar-refractivity contribution in [3.05, 3.63) is 65.6 Å². The fourth-order valence-electron chi connectivity index (χ4n) is 2.45. The average molecular weight is 349 g/mol. The summed E-state index contributed by atoms with van der Waals surface area (Å²) in [5.74, 6) is 0.444. The maximum Gasteiger partial charge on any atom is 0.289 e. The van der Waals surface area contributed by atoms with E-state index in [4.69, 9.17) is 4.74 Å². The standard InChI is InChI=1S/C19H19N5O2/c1-3-26-16-8-6-15(7-9-16)17-13(2)18(23-22-17)19(25)24-21-12-14-5-4-10-20-11-14/h4-12H,3H2,1-2H3,(H,22,23)(H,24,25). The number of H-pyrrole nitrogens is 1. The molecule has 0 spiro atoms. The van der Waals surface area contributed by atoms with Gasteiger partial charge in [-0.05, 0) is 44.2 Å². The summed E-state index contributed by atoms with van der Waals surface area (Å²) in [5, 5.41) is 11.0. The maximum absolute atomic E-state index is 12.3. The molecule has 0 radical (unpaired) electrons. The number of aromatic amines is 1. The number of aromatic nitrogens is 3. The molecule has 7 heteroatoms. The lowest BCUT2D eigenvalue weighted by Gasteiger charge is -2.04. The van der Waals surface area contributed by atoms with E-state index in [2.05, 4.69) is 25.7 Å². The second kappa shape index (κ2) is 8.06.